The lowest BCUT2D eigenvalue weighted by molar-refractivity contribution is 0.686. The molecule has 0 saturated heterocycles. The van der Waals surface area contributed by atoms with Crippen LogP contribution < -0.4 is 10.6 Å². The predicted molar refractivity (Wildman–Crippen MR) is 110 cm³/mol. The first-order valence-electron chi connectivity index (χ1n) is 7.97. The number of hydrogen-bond donors (Lipinski definition) is 2. The van der Waals surface area contributed by atoms with Crippen LogP contribution in [0.25, 0.3) is 0 Å². The Kier molecular flexibility index (Phi) is 6.08. The molecular formula is C18H17Cl2N5S. The van der Waals surface area contributed by atoms with Gasteiger partial charge in [-0.2, -0.15) is 0 Å². The number of hydrogen-bond acceptors (Lipinski definition) is 3. The van der Waals surface area contributed by atoms with E-state index in [-0.39, 0.29) is 6.04 Å². The summed E-state index contributed by atoms with van der Waals surface area (Å²) in [4.78, 5) is 4.22. The van der Waals surface area contributed by atoms with Crippen molar-refractivity contribution in [2.24, 2.45) is 0 Å². The molecule has 0 fully saturated rings. The molecule has 0 bridgehead atoms. The zero-order valence-corrected chi connectivity index (χ0v) is 16.3. The van der Waals surface area contributed by atoms with E-state index in [1.54, 1.807) is 23.1 Å². The first-order chi connectivity index (χ1) is 12.5. The topological polar surface area (TPSA) is 54.8 Å². The quantitative estimate of drug-likeness (QED) is 0.603. The minimum Gasteiger partial charge on any atom is -0.356 e. The summed E-state index contributed by atoms with van der Waals surface area (Å²) in [6.07, 6.45) is 1.62. The molecule has 0 amide bonds. The second-order valence-electron chi connectivity index (χ2n) is 5.73. The molecule has 1 aromatic heterocycles. The Bertz CT molecular complexity index is 898. The highest BCUT2D eigenvalue weighted by molar-refractivity contribution is 7.80. The standard InChI is InChI=1S/C18H17Cl2N5S/c1-12(13-5-3-2-4-6-13)22-18(26)23-17-21-11-25(24-17)10-14-7-8-15(19)9-16(14)20/h2-9,11-12H,10H2,1H3,(H2,22,23,24,26). The Morgan fingerprint density at radius 3 is 2.69 bits per heavy atom. The molecule has 1 heterocycles. The summed E-state index contributed by atoms with van der Waals surface area (Å²) in [5.74, 6) is 0.424. The summed E-state index contributed by atoms with van der Waals surface area (Å²) in [7, 11) is 0. The number of rotatable bonds is 5. The molecule has 1 unspecified atom stereocenters. The lowest BCUT2D eigenvalue weighted by atomic mass is 10.1. The van der Waals surface area contributed by atoms with Gasteiger partial charge < -0.3 is 5.32 Å². The van der Waals surface area contributed by atoms with E-state index in [1.807, 2.05) is 43.3 Å². The largest absolute Gasteiger partial charge is 0.356 e. The normalized spacial score (nSPS) is 11.8. The molecule has 3 aromatic rings. The van der Waals surface area contributed by atoms with Crippen LogP contribution in [-0.4, -0.2) is 19.9 Å². The van der Waals surface area contributed by atoms with Crippen LogP contribution in [0.15, 0.2) is 54.9 Å². The van der Waals surface area contributed by atoms with Gasteiger partial charge in [-0.15, -0.1) is 5.10 Å². The fourth-order valence-corrected chi connectivity index (χ4v) is 3.15. The van der Waals surface area contributed by atoms with Gasteiger partial charge in [0.2, 0.25) is 5.95 Å². The molecule has 0 radical (unpaired) electrons. The maximum absolute atomic E-state index is 6.19. The number of halogens is 2. The van der Waals surface area contributed by atoms with Crippen LogP contribution >= 0.6 is 35.4 Å². The molecule has 3 rings (SSSR count). The van der Waals surface area contributed by atoms with E-state index in [9.17, 15) is 0 Å². The van der Waals surface area contributed by atoms with Crippen LogP contribution in [0.4, 0.5) is 5.95 Å². The molecule has 0 saturated carbocycles. The monoisotopic (exact) mass is 405 g/mol. The molecular weight excluding hydrogens is 389 g/mol. The highest BCUT2D eigenvalue weighted by Gasteiger charge is 2.09. The van der Waals surface area contributed by atoms with Crippen molar-refractivity contribution < 1.29 is 0 Å². The van der Waals surface area contributed by atoms with E-state index >= 15 is 0 Å². The second-order valence-corrected chi connectivity index (χ2v) is 6.98. The molecule has 0 aliphatic rings. The van der Waals surface area contributed by atoms with Gasteiger partial charge in [-0.05, 0) is 42.4 Å². The first-order valence-corrected chi connectivity index (χ1v) is 9.13. The van der Waals surface area contributed by atoms with E-state index < -0.39 is 0 Å². The van der Waals surface area contributed by atoms with Gasteiger partial charge in [0, 0.05) is 10.0 Å². The van der Waals surface area contributed by atoms with Crippen LogP contribution in [0, 0.1) is 0 Å². The smallest absolute Gasteiger partial charge is 0.248 e. The first kappa shape index (κ1) is 18.6. The van der Waals surface area contributed by atoms with Crippen LogP contribution in [0.1, 0.15) is 24.1 Å². The van der Waals surface area contributed by atoms with Gasteiger partial charge in [0.1, 0.15) is 6.33 Å². The summed E-state index contributed by atoms with van der Waals surface area (Å²) in [6, 6.07) is 15.5. The average Bonchev–Trinajstić information content (AvgIpc) is 3.05. The van der Waals surface area contributed by atoms with E-state index in [4.69, 9.17) is 35.4 Å². The third kappa shape index (κ3) is 4.94. The Balaban J connectivity index is 1.58. The molecule has 1 atom stereocenters. The maximum atomic E-state index is 6.19. The molecule has 8 heteroatoms. The van der Waals surface area contributed by atoms with E-state index in [1.165, 1.54) is 0 Å². The Morgan fingerprint density at radius 1 is 1.19 bits per heavy atom. The number of anilines is 1. The van der Waals surface area contributed by atoms with Gasteiger partial charge in [-0.3, -0.25) is 5.32 Å². The summed E-state index contributed by atoms with van der Waals surface area (Å²) >= 11 is 17.4. The van der Waals surface area contributed by atoms with Crippen molar-refractivity contribution in [2.75, 3.05) is 5.32 Å². The lowest BCUT2D eigenvalue weighted by Gasteiger charge is -2.16. The minimum absolute atomic E-state index is 0.0751. The zero-order chi connectivity index (χ0) is 18.5. The predicted octanol–water partition coefficient (Wildman–Crippen LogP) is 4.68. The van der Waals surface area contributed by atoms with Crippen molar-refractivity contribution >= 4 is 46.5 Å². The van der Waals surface area contributed by atoms with Crippen LogP contribution in [0.2, 0.25) is 10.0 Å². The number of thiocarbonyl (C=S) groups is 1. The maximum Gasteiger partial charge on any atom is 0.248 e. The molecule has 2 N–H and O–H groups in total. The number of nitrogens with one attached hydrogen (secondary N) is 2. The van der Waals surface area contributed by atoms with Crippen LogP contribution in [-0.2, 0) is 6.54 Å². The fourth-order valence-electron chi connectivity index (χ4n) is 2.41. The number of aromatic nitrogens is 3. The molecule has 134 valence electrons. The van der Waals surface area contributed by atoms with E-state index in [0.717, 1.165) is 11.1 Å². The molecule has 2 aromatic carbocycles. The Morgan fingerprint density at radius 2 is 1.96 bits per heavy atom. The average molecular weight is 406 g/mol. The molecule has 0 aliphatic carbocycles. The summed E-state index contributed by atoms with van der Waals surface area (Å²) < 4.78 is 1.68. The molecule has 0 aliphatic heterocycles. The van der Waals surface area contributed by atoms with Crippen molar-refractivity contribution in [2.45, 2.75) is 19.5 Å². The van der Waals surface area contributed by atoms with Gasteiger partial charge in [-0.1, -0.05) is 59.6 Å². The van der Waals surface area contributed by atoms with Crippen LogP contribution in [0.5, 0.6) is 0 Å². The molecule has 26 heavy (non-hydrogen) atoms. The van der Waals surface area contributed by atoms with Crippen molar-refractivity contribution in [1.82, 2.24) is 20.1 Å². The SMILES string of the molecule is CC(NC(=S)Nc1ncn(Cc2ccc(Cl)cc2Cl)n1)c1ccccc1. The van der Waals surface area contributed by atoms with Gasteiger partial charge in [0.05, 0.1) is 12.6 Å². The highest BCUT2D eigenvalue weighted by atomic mass is 35.5. The van der Waals surface area contributed by atoms with Crippen molar-refractivity contribution in [1.29, 1.82) is 0 Å². The van der Waals surface area contributed by atoms with Crippen molar-refractivity contribution in [3.8, 4) is 0 Å². The summed E-state index contributed by atoms with van der Waals surface area (Å²) in [5.41, 5.74) is 2.05. The molecule has 5 nitrogen and oxygen atoms in total. The van der Waals surface area contributed by atoms with Crippen molar-refractivity contribution in [3.63, 3.8) is 0 Å². The highest BCUT2D eigenvalue weighted by Crippen LogP contribution is 2.21. The van der Waals surface area contributed by atoms with E-state index in [0.29, 0.717) is 27.7 Å². The third-order valence-electron chi connectivity index (χ3n) is 3.76. The van der Waals surface area contributed by atoms with E-state index in [2.05, 4.69) is 20.7 Å². The summed E-state index contributed by atoms with van der Waals surface area (Å²) in [5, 5.41) is 12.2. The Labute approximate surface area is 167 Å². The van der Waals surface area contributed by atoms with Crippen molar-refractivity contribution in [3.05, 3.63) is 76.0 Å². The fraction of sp³-hybridized carbons (Fsp3) is 0.167. The summed E-state index contributed by atoms with van der Waals surface area (Å²) in [6.45, 7) is 2.53. The minimum atomic E-state index is 0.0751. The number of nitrogens with zero attached hydrogens (tertiary/aromatic N) is 3. The van der Waals surface area contributed by atoms with Gasteiger partial charge in [0.15, 0.2) is 5.11 Å². The van der Waals surface area contributed by atoms with Crippen LogP contribution in [0.3, 0.4) is 0 Å². The molecule has 0 spiro atoms. The van der Waals surface area contributed by atoms with Gasteiger partial charge in [-0.25, -0.2) is 9.67 Å². The lowest BCUT2D eigenvalue weighted by Crippen LogP contribution is -2.31. The zero-order valence-electron chi connectivity index (χ0n) is 14.0. The number of benzene rings is 2. The second kappa shape index (κ2) is 8.49. The Hall–Kier alpha value is -2.15. The van der Waals surface area contributed by atoms with Gasteiger partial charge >= 0.3 is 0 Å². The van der Waals surface area contributed by atoms with Gasteiger partial charge in [0.25, 0.3) is 0 Å². The third-order valence-corrected chi connectivity index (χ3v) is 4.56.